The molecule has 19 heavy (non-hydrogen) atoms. The molecule has 1 aromatic heterocycles. The summed E-state index contributed by atoms with van der Waals surface area (Å²) in [6, 6.07) is 8.28. The fourth-order valence-electron chi connectivity index (χ4n) is 1.80. The number of methoxy groups -OCH3 is 1. The number of carbonyl (C=O) groups excluding carboxylic acids is 2. The first-order chi connectivity index (χ1) is 9.13. The fraction of sp³-hybridized carbons (Fsp3) is 0.214. The first-order valence-corrected chi connectivity index (χ1v) is 5.86. The Morgan fingerprint density at radius 1 is 1.26 bits per heavy atom. The van der Waals surface area contributed by atoms with Crippen molar-refractivity contribution in [3.8, 4) is 0 Å². The molecular weight excluding hydrogens is 244 g/mol. The van der Waals surface area contributed by atoms with Gasteiger partial charge in [0.05, 0.1) is 18.2 Å². The number of aromatic nitrogens is 1. The number of benzene rings is 1. The molecule has 2 rings (SSSR count). The number of esters is 1. The van der Waals surface area contributed by atoms with E-state index >= 15 is 0 Å². The Morgan fingerprint density at radius 2 is 2.00 bits per heavy atom. The average molecular weight is 258 g/mol. The van der Waals surface area contributed by atoms with Crippen LogP contribution in [0.2, 0.25) is 0 Å². The zero-order valence-electron chi connectivity index (χ0n) is 10.7. The molecule has 1 amide bonds. The highest BCUT2D eigenvalue weighted by Crippen LogP contribution is 2.16. The van der Waals surface area contributed by atoms with Gasteiger partial charge in [-0.1, -0.05) is 18.2 Å². The molecule has 1 unspecified atom stereocenters. The lowest BCUT2D eigenvalue weighted by atomic mass is 10.1. The summed E-state index contributed by atoms with van der Waals surface area (Å²) < 4.78 is 4.57. The van der Waals surface area contributed by atoms with E-state index in [0.717, 1.165) is 10.9 Å². The van der Waals surface area contributed by atoms with Crippen LogP contribution in [0.3, 0.4) is 0 Å². The van der Waals surface area contributed by atoms with Crippen molar-refractivity contribution in [3.63, 3.8) is 0 Å². The van der Waals surface area contributed by atoms with Crippen LogP contribution in [-0.4, -0.2) is 30.0 Å². The molecule has 1 aromatic carbocycles. The number of hydrogen-bond donors (Lipinski definition) is 1. The van der Waals surface area contributed by atoms with E-state index in [1.807, 2.05) is 24.3 Å². The second-order valence-corrected chi connectivity index (χ2v) is 4.09. The SMILES string of the molecule is COC(=O)C(C)NC(=O)c1ccnc2ccccc12. The maximum atomic E-state index is 12.1. The molecule has 0 bridgehead atoms. The van der Waals surface area contributed by atoms with Gasteiger partial charge >= 0.3 is 5.97 Å². The predicted molar refractivity (Wildman–Crippen MR) is 70.7 cm³/mol. The monoisotopic (exact) mass is 258 g/mol. The Balaban J connectivity index is 2.29. The summed E-state index contributed by atoms with van der Waals surface area (Å²) in [5, 5.41) is 3.35. The smallest absolute Gasteiger partial charge is 0.328 e. The van der Waals surface area contributed by atoms with Crippen LogP contribution in [0.4, 0.5) is 0 Å². The Morgan fingerprint density at radius 3 is 2.74 bits per heavy atom. The lowest BCUT2D eigenvalue weighted by molar-refractivity contribution is -0.142. The van der Waals surface area contributed by atoms with Crippen molar-refractivity contribution < 1.29 is 14.3 Å². The van der Waals surface area contributed by atoms with Crippen molar-refractivity contribution in [2.24, 2.45) is 0 Å². The molecule has 0 saturated heterocycles. The zero-order valence-corrected chi connectivity index (χ0v) is 10.7. The summed E-state index contributed by atoms with van der Waals surface area (Å²) in [5.41, 5.74) is 1.22. The van der Waals surface area contributed by atoms with Crippen LogP contribution in [0.15, 0.2) is 36.5 Å². The third-order valence-electron chi connectivity index (χ3n) is 2.80. The molecule has 0 radical (unpaired) electrons. The average Bonchev–Trinajstić information content (AvgIpc) is 2.45. The van der Waals surface area contributed by atoms with E-state index in [-0.39, 0.29) is 5.91 Å². The van der Waals surface area contributed by atoms with Gasteiger partial charge in [-0.15, -0.1) is 0 Å². The Kier molecular flexibility index (Phi) is 3.75. The summed E-state index contributed by atoms with van der Waals surface area (Å²) >= 11 is 0. The van der Waals surface area contributed by atoms with Crippen molar-refractivity contribution in [3.05, 3.63) is 42.1 Å². The first kappa shape index (κ1) is 13.0. The molecular formula is C14H14N2O3. The van der Waals surface area contributed by atoms with E-state index in [2.05, 4.69) is 15.0 Å². The summed E-state index contributed by atoms with van der Waals surface area (Å²) in [5.74, 6) is -0.803. The van der Waals surface area contributed by atoms with E-state index < -0.39 is 12.0 Å². The number of carbonyl (C=O) groups is 2. The van der Waals surface area contributed by atoms with Crippen LogP contribution in [0.25, 0.3) is 10.9 Å². The van der Waals surface area contributed by atoms with Gasteiger partial charge in [-0.25, -0.2) is 4.79 Å². The number of rotatable bonds is 3. The molecule has 0 aliphatic carbocycles. The zero-order chi connectivity index (χ0) is 13.8. The minimum atomic E-state index is -0.690. The molecule has 1 N–H and O–H groups in total. The highest BCUT2D eigenvalue weighted by Gasteiger charge is 2.18. The van der Waals surface area contributed by atoms with Gasteiger partial charge in [0.2, 0.25) is 0 Å². The van der Waals surface area contributed by atoms with Crippen molar-refractivity contribution in [1.29, 1.82) is 0 Å². The highest BCUT2D eigenvalue weighted by molar-refractivity contribution is 6.06. The third kappa shape index (κ3) is 2.70. The number of hydrogen-bond acceptors (Lipinski definition) is 4. The first-order valence-electron chi connectivity index (χ1n) is 5.86. The quantitative estimate of drug-likeness (QED) is 0.848. The molecule has 0 aliphatic heterocycles. The molecule has 2 aromatic rings. The second-order valence-electron chi connectivity index (χ2n) is 4.09. The number of pyridine rings is 1. The van der Waals surface area contributed by atoms with E-state index in [1.165, 1.54) is 7.11 Å². The van der Waals surface area contributed by atoms with Gasteiger partial charge in [0.25, 0.3) is 5.91 Å². The molecule has 0 fully saturated rings. The Labute approximate surface area is 110 Å². The van der Waals surface area contributed by atoms with E-state index in [9.17, 15) is 9.59 Å². The molecule has 0 saturated carbocycles. The third-order valence-corrected chi connectivity index (χ3v) is 2.80. The van der Waals surface area contributed by atoms with Gasteiger partial charge in [0.15, 0.2) is 0 Å². The van der Waals surface area contributed by atoms with Crippen LogP contribution < -0.4 is 5.32 Å². The largest absolute Gasteiger partial charge is 0.467 e. The van der Waals surface area contributed by atoms with Crippen molar-refractivity contribution >= 4 is 22.8 Å². The van der Waals surface area contributed by atoms with Gasteiger partial charge in [0, 0.05) is 11.6 Å². The predicted octanol–water partition coefficient (Wildman–Crippen LogP) is 1.53. The molecule has 0 aliphatic rings. The van der Waals surface area contributed by atoms with Crippen molar-refractivity contribution in [2.45, 2.75) is 13.0 Å². The van der Waals surface area contributed by atoms with E-state index in [4.69, 9.17) is 0 Å². The van der Waals surface area contributed by atoms with Crippen LogP contribution in [0, 0.1) is 0 Å². The lowest BCUT2D eigenvalue weighted by Gasteiger charge is -2.12. The van der Waals surface area contributed by atoms with Gasteiger partial charge in [-0.05, 0) is 19.1 Å². The van der Waals surface area contributed by atoms with E-state index in [0.29, 0.717) is 5.56 Å². The van der Waals surface area contributed by atoms with Crippen molar-refractivity contribution in [2.75, 3.05) is 7.11 Å². The number of ether oxygens (including phenoxy) is 1. The molecule has 5 heteroatoms. The Hall–Kier alpha value is -2.43. The standard InChI is InChI=1S/C14H14N2O3/c1-9(14(18)19-2)16-13(17)11-7-8-15-12-6-4-3-5-10(11)12/h3-9H,1-2H3,(H,16,17). The minimum Gasteiger partial charge on any atom is -0.467 e. The maximum Gasteiger partial charge on any atom is 0.328 e. The lowest BCUT2D eigenvalue weighted by Crippen LogP contribution is -2.39. The molecule has 1 atom stereocenters. The fourth-order valence-corrected chi connectivity index (χ4v) is 1.80. The van der Waals surface area contributed by atoms with Crippen molar-refractivity contribution in [1.82, 2.24) is 10.3 Å². The normalized spacial score (nSPS) is 11.9. The summed E-state index contributed by atoms with van der Waals surface area (Å²) in [6.07, 6.45) is 1.57. The van der Waals surface area contributed by atoms with Crippen LogP contribution in [0.1, 0.15) is 17.3 Å². The summed E-state index contributed by atoms with van der Waals surface area (Å²) in [7, 11) is 1.28. The number of fused-ring (bicyclic) bond motifs is 1. The van der Waals surface area contributed by atoms with Gasteiger partial charge in [-0.2, -0.15) is 0 Å². The van der Waals surface area contributed by atoms with Gasteiger partial charge < -0.3 is 10.1 Å². The number of nitrogens with zero attached hydrogens (tertiary/aromatic N) is 1. The topological polar surface area (TPSA) is 68.3 Å². The van der Waals surface area contributed by atoms with Crippen LogP contribution in [0.5, 0.6) is 0 Å². The number of para-hydroxylation sites is 1. The van der Waals surface area contributed by atoms with E-state index in [1.54, 1.807) is 19.2 Å². The van der Waals surface area contributed by atoms with Gasteiger partial charge in [-0.3, -0.25) is 9.78 Å². The molecule has 1 heterocycles. The van der Waals surface area contributed by atoms with Crippen LogP contribution in [-0.2, 0) is 9.53 Å². The Bertz CT molecular complexity index is 620. The summed E-state index contributed by atoms with van der Waals surface area (Å²) in [6.45, 7) is 1.58. The minimum absolute atomic E-state index is 0.323. The number of amides is 1. The second kappa shape index (κ2) is 5.48. The molecule has 5 nitrogen and oxygen atoms in total. The molecule has 0 spiro atoms. The van der Waals surface area contributed by atoms with Crippen LogP contribution >= 0.6 is 0 Å². The molecule has 98 valence electrons. The maximum absolute atomic E-state index is 12.1. The highest BCUT2D eigenvalue weighted by atomic mass is 16.5. The van der Waals surface area contributed by atoms with Gasteiger partial charge in [0.1, 0.15) is 6.04 Å². The summed E-state index contributed by atoms with van der Waals surface area (Å²) in [4.78, 5) is 27.6. The number of nitrogens with one attached hydrogen (secondary N) is 1.